The van der Waals surface area contributed by atoms with E-state index >= 15 is 0 Å². The van der Waals surface area contributed by atoms with Crippen LogP contribution < -0.4 is 14.2 Å². The fraction of sp³-hybridized carbons (Fsp3) is 0.519. The summed E-state index contributed by atoms with van der Waals surface area (Å²) < 4.78 is 48.4. The van der Waals surface area contributed by atoms with Crippen LogP contribution in [0.15, 0.2) is 30.6 Å². The lowest BCUT2D eigenvalue weighted by Crippen LogP contribution is -2.35. The van der Waals surface area contributed by atoms with E-state index in [2.05, 4.69) is 24.9 Å². The number of anilines is 1. The first kappa shape index (κ1) is 31.3. The molecule has 1 saturated heterocycles. The van der Waals surface area contributed by atoms with Gasteiger partial charge < -0.3 is 19.1 Å². The zero-order chi connectivity index (χ0) is 30.8. The quantitative estimate of drug-likeness (QED) is 0.364. The Morgan fingerprint density at radius 1 is 1.10 bits per heavy atom. The molecule has 3 atom stereocenters. The molecule has 0 unspecified atom stereocenters. The van der Waals surface area contributed by atoms with Gasteiger partial charge in [-0.15, -0.1) is 10.2 Å². The summed E-state index contributed by atoms with van der Waals surface area (Å²) in [5, 5.41) is 8.06. The molecule has 1 fully saturated rings. The summed E-state index contributed by atoms with van der Waals surface area (Å²) in [6.07, 6.45) is 2.97. The van der Waals surface area contributed by atoms with Crippen molar-refractivity contribution in [3.8, 4) is 17.2 Å². The number of halogens is 1. The van der Waals surface area contributed by atoms with Gasteiger partial charge in [0.25, 0.3) is 0 Å². The summed E-state index contributed by atoms with van der Waals surface area (Å²) in [5.41, 5.74) is -0.228. The van der Waals surface area contributed by atoms with Gasteiger partial charge in [-0.1, -0.05) is 24.6 Å². The molecule has 1 aromatic carbocycles. The second kappa shape index (κ2) is 12.3. The largest absolute Gasteiger partial charge is 0.494 e. The van der Waals surface area contributed by atoms with Crippen molar-refractivity contribution in [2.24, 2.45) is 0 Å². The Bertz CT molecular complexity index is 1500. The molecule has 1 amide bonds. The Balaban J connectivity index is 1.73. The van der Waals surface area contributed by atoms with Gasteiger partial charge in [-0.25, -0.2) is 23.2 Å². The molecule has 0 spiro atoms. The van der Waals surface area contributed by atoms with Crippen LogP contribution in [0.3, 0.4) is 0 Å². The van der Waals surface area contributed by atoms with Gasteiger partial charge in [0.1, 0.15) is 34.4 Å². The number of carbonyl (C=O) groups is 1. The molecule has 0 radical (unpaired) electrons. The van der Waals surface area contributed by atoms with E-state index in [9.17, 15) is 13.2 Å². The van der Waals surface area contributed by atoms with Gasteiger partial charge in [0.15, 0.2) is 0 Å². The minimum absolute atomic E-state index is 0.0559. The average molecular weight is 622 g/mol. The lowest BCUT2D eigenvalue weighted by molar-refractivity contribution is 0.0292. The van der Waals surface area contributed by atoms with Crippen LogP contribution in [0, 0.1) is 0 Å². The van der Waals surface area contributed by atoms with E-state index in [1.54, 1.807) is 41.5 Å². The number of sulfonamides is 1. The number of para-hydroxylation sites is 1. The number of aromatic nitrogens is 5. The van der Waals surface area contributed by atoms with Crippen molar-refractivity contribution >= 4 is 33.7 Å². The molecule has 15 heteroatoms. The Hall–Kier alpha value is -3.65. The Kier molecular flexibility index (Phi) is 9.16. The third kappa shape index (κ3) is 6.70. The van der Waals surface area contributed by atoms with Gasteiger partial charge in [-0.3, -0.25) is 9.29 Å². The van der Waals surface area contributed by atoms with Crippen molar-refractivity contribution in [3.63, 3.8) is 0 Å². The van der Waals surface area contributed by atoms with Gasteiger partial charge in [0.05, 0.1) is 24.5 Å². The molecular weight excluding hydrogens is 586 g/mol. The zero-order valence-corrected chi connectivity index (χ0v) is 26.2. The molecule has 2 aromatic heterocycles. The second-order valence-electron chi connectivity index (χ2n) is 11.0. The number of nitrogens with one attached hydrogen (secondary N) is 1. The first-order valence-corrected chi connectivity index (χ1v) is 15.3. The predicted molar refractivity (Wildman–Crippen MR) is 157 cm³/mol. The van der Waals surface area contributed by atoms with Gasteiger partial charge in [-0.2, -0.15) is 0 Å². The third-order valence-electron chi connectivity index (χ3n) is 6.99. The van der Waals surface area contributed by atoms with Crippen molar-refractivity contribution in [1.82, 2.24) is 29.6 Å². The number of likely N-dealkylation sites (tertiary alicyclic amines) is 1. The smallest absolute Gasteiger partial charge is 0.410 e. The molecule has 13 nitrogen and oxygen atoms in total. The Morgan fingerprint density at radius 3 is 2.29 bits per heavy atom. The SMILES string of the molecule is COc1cccc(OC)c1-n1c(NS(=O)(=O)[C@@H](C)[C@H](C)c2ncc(Cl)cn2)nnc1[C@@H]1CCN(C(=O)OC(C)(C)C)C1. The molecule has 228 valence electrons. The van der Waals surface area contributed by atoms with Crippen LogP contribution in [0.5, 0.6) is 11.5 Å². The van der Waals surface area contributed by atoms with E-state index in [1.165, 1.54) is 26.6 Å². The van der Waals surface area contributed by atoms with Crippen LogP contribution in [-0.4, -0.2) is 82.3 Å². The minimum Gasteiger partial charge on any atom is -0.494 e. The molecule has 3 heterocycles. The highest BCUT2D eigenvalue weighted by Crippen LogP contribution is 2.39. The second-order valence-corrected chi connectivity index (χ2v) is 13.5. The van der Waals surface area contributed by atoms with Crippen molar-refractivity contribution in [2.75, 3.05) is 32.0 Å². The molecule has 4 rings (SSSR count). The van der Waals surface area contributed by atoms with Crippen molar-refractivity contribution in [1.29, 1.82) is 0 Å². The van der Waals surface area contributed by atoms with Crippen LogP contribution >= 0.6 is 11.6 Å². The number of methoxy groups -OCH3 is 2. The number of hydrogen-bond donors (Lipinski definition) is 1. The fourth-order valence-electron chi connectivity index (χ4n) is 4.62. The number of hydrogen-bond acceptors (Lipinski definition) is 10. The van der Waals surface area contributed by atoms with Crippen LogP contribution in [0.1, 0.15) is 64.5 Å². The van der Waals surface area contributed by atoms with E-state index < -0.39 is 32.9 Å². The molecule has 0 aliphatic carbocycles. The Morgan fingerprint density at radius 2 is 1.71 bits per heavy atom. The van der Waals surface area contributed by atoms with Gasteiger partial charge in [0, 0.05) is 37.3 Å². The summed E-state index contributed by atoms with van der Waals surface area (Å²) in [6, 6.07) is 5.21. The van der Waals surface area contributed by atoms with Crippen LogP contribution in [0.4, 0.5) is 10.7 Å². The number of amides is 1. The highest BCUT2D eigenvalue weighted by Gasteiger charge is 2.37. The lowest BCUT2D eigenvalue weighted by Gasteiger charge is -2.24. The first-order valence-electron chi connectivity index (χ1n) is 13.4. The number of benzene rings is 1. The monoisotopic (exact) mass is 621 g/mol. The summed E-state index contributed by atoms with van der Waals surface area (Å²) in [4.78, 5) is 22.8. The molecule has 42 heavy (non-hydrogen) atoms. The molecule has 1 aliphatic rings. The number of rotatable bonds is 9. The molecular formula is C27H36ClN7O6S. The molecule has 1 aliphatic heterocycles. The minimum atomic E-state index is -4.05. The predicted octanol–water partition coefficient (Wildman–Crippen LogP) is 4.39. The maximum atomic E-state index is 13.7. The van der Waals surface area contributed by atoms with Crippen LogP contribution in [0.2, 0.25) is 5.02 Å². The maximum Gasteiger partial charge on any atom is 0.410 e. The van der Waals surface area contributed by atoms with Crippen molar-refractivity contribution in [3.05, 3.63) is 47.3 Å². The van der Waals surface area contributed by atoms with E-state index in [1.807, 2.05) is 20.8 Å². The normalized spacial score (nSPS) is 17.0. The lowest BCUT2D eigenvalue weighted by atomic mass is 10.1. The van der Waals surface area contributed by atoms with Gasteiger partial charge >= 0.3 is 6.09 Å². The van der Waals surface area contributed by atoms with E-state index in [0.717, 1.165) is 0 Å². The number of carbonyl (C=O) groups excluding carboxylic acids is 1. The third-order valence-corrected chi connectivity index (χ3v) is 9.04. The van der Waals surface area contributed by atoms with Crippen molar-refractivity contribution in [2.45, 2.75) is 63.7 Å². The summed E-state index contributed by atoms with van der Waals surface area (Å²) in [5.74, 6) is 0.676. The van der Waals surface area contributed by atoms with E-state index in [4.69, 9.17) is 25.8 Å². The van der Waals surface area contributed by atoms with Gasteiger partial charge in [-0.05, 0) is 46.2 Å². The molecule has 0 bridgehead atoms. The Labute approximate surface area is 250 Å². The van der Waals surface area contributed by atoms with Gasteiger partial charge in [0.2, 0.25) is 16.0 Å². The topological polar surface area (TPSA) is 151 Å². The van der Waals surface area contributed by atoms with Crippen LogP contribution in [-0.2, 0) is 14.8 Å². The molecule has 3 aromatic rings. The fourth-order valence-corrected chi connectivity index (χ4v) is 5.95. The first-order chi connectivity index (χ1) is 19.8. The number of ether oxygens (including phenoxy) is 3. The highest BCUT2D eigenvalue weighted by atomic mass is 35.5. The van der Waals surface area contributed by atoms with Crippen LogP contribution in [0.25, 0.3) is 5.69 Å². The van der Waals surface area contributed by atoms with Crippen molar-refractivity contribution < 1.29 is 27.4 Å². The summed E-state index contributed by atoms with van der Waals surface area (Å²) in [6.45, 7) is 9.44. The molecule has 1 N–H and O–H groups in total. The van der Waals surface area contributed by atoms with E-state index in [0.29, 0.717) is 53.4 Å². The average Bonchev–Trinajstić information content (AvgIpc) is 3.58. The molecule has 0 saturated carbocycles. The standard InChI is InChI=1S/C27H36ClN7O6S/c1-16(23-29-13-19(28)14-30-23)17(2)42(37,38)33-25-32-31-24(18-11-12-34(15-18)26(36)41-27(3,4)5)35(25)22-20(39-6)9-8-10-21(22)40-7/h8-10,13-14,16-18H,11-12,15H2,1-7H3,(H,32,33)/t16-,17-,18+/m0/s1. The summed E-state index contributed by atoms with van der Waals surface area (Å²) >= 11 is 5.91. The van der Waals surface area contributed by atoms with E-state index in [-0.39, 0.29) is 11.9 Å². The summed E-state index contributed by atoms with van der Waals surface area (Å²) in [7, 11) is -1.04. The maximum absolute atomic E-state index is 13.7. The zero-order valence-electron chi connectivity index (χ0n) is 24.7. The number of nitrogens with zero attached hydrogens (tertiary/aromatic N) is 6. The highest BCUT2D eigenvalue weighted by molar-refractivity contribution is 7.93.